The second kappa shape index (κ2) is 7.97. The highest BCUT2D eigenvalue weighted by Crippen LogP contribution is 2.34. The number of pyridine rings is 2. The number of aromatic nitrogens is 2. The minimum Gasteiger partial charge on any atom is -0.366 e. The van der Waals surface area contributed by atoms with Crippen molar-refractivity contribution in [3.8, 4) is 0 Å². The van der Waals surface area contributed by atoms with Crippen molar-refractivity contribution in [1.29, 1.82) is 0 Å². The molecule has 29 heavy (non-hydrogen) atoms. The topological polar surface area (TPSA) is 53.1 Å². The summed E-state index contributed by atoms with van der Waals surface area (Å²) >= 11 is 1.81. The van der Waals surface area contributed by atoms with Crippen LogP contribution >= 0.6 is 11.3 Å². The molecule has 6 heteroatoms. The fourth-order valence-corrected chi connectivity index (χ4v) is 5.09. The average Bonchev–Trinajstić information content (AvgIpc) is 3.05. The summed E-state index contributed by atoms with van der Waals surface area (Å²) in [6, 6.07) is 13.0. The molecule has 2 N–H and O–H groups in total. The number of fused-ring (bicyclic) bond motifs is 2. The number of rotatable bonds is 4. The molecule has 1 fully saturated rings. The fraction of sp³-hybridized carbons (Fsp3) is 0.304. The van der Waals surface area contributed by atoms with Gasteiger partial charge in [-0.15, -0.1) is 11.3 Å². The third-order valence-electron chi connectivity index (χ3n) is 5.58. The predicted octanol–water partition coefficient (Wildman–Crippen LogP) is 2.07. The second-order valence-electron chi connectivity index (χ2n) is 7.64. The Kier molecular flexibility index (Phi) is 5.04. The summed E-state index contributed by atoms with van der Waals surface area (Å²) in [5, 5.41) is 10.6. The van der Waals surface area contributed by atoms with Crippen LogP contribution in [0.3, 0.4) is 0 Å². The Morgan fingerprint density at radius 2 is 2.10 bits per heavy atom. The monoisotopic (exact) mass is 403 g/mol. The molecule has 5 heterocycles. The highest BCUT2D eigenvalue weighted by molar-refractivity contribution is 7.16. The van der Waals surface area contributed by atoms with E-state index >= 15 is 0 Å². The third kappa shape index (κ3) is 3.78. The summed E-state index contributed by atoms with van der Waals surface area (Å²) in [6.07, 6.45) is 7.94. The molecule has 3 aromatic rings. The molecule has 0 saturated carbocycles. The molecule has 0 spiro atoms. The van der Waals surface area contributed by atoms with Gasteiger partial charge in [0.05, 0.1) is 11.0 Å². The van der Waals surface area contributed by atoms with Crippen LogP contribution in [0.1, 0.15) is 22.6 Å². The number of hydrogen-bond donors (Lipinski definition) is 2. The van der Waals surface area contributed by atoms with E-state index in [0.717, 1.165) is 48.7 Å². The van der Waals surface area contributed by atoms with Gasteiger partial charge in [-0.2, -0.15) is 0 Å². The Labute approximate surface area is 174 Å². The van der Waals surface area contributed by atoms with E-state index in [2.05, 4.69) is 57.9 Å². The molecular formula is C23H25N5S. The molecule has 3 aromatic heterocycles. The molecule has 5 nitrogen and oxygen atoms in total. The summed E-state index contributed by atoms with van der Waals surface area (Å²) in [7, 11) is 0. The lowest BCUT2D eigenvalue weighted by molar-refractivity contribution is 0.268. The molecule has 1 atom stereocenters. The van der Waals surface area contributed by atoms with Gasteiger partial charge in [-0.25, -0.2) is 0 Å². The van der Waals surface area contributed by atoms with Crippen LogP contribution in [0.4, 0.5) is 5.00 Å². The fourth-order valence-electron chi connectivity index (χ4n) is 4.21. The Hall–Kier alpha value is -2.70. The molecule has 0 aliphatic carbocycles. The second-order valence-corrected chi connectivity index (χ2v) is 8.89. The Bertz CT molecular complexity index is 1120. The molecule has 148 valence electrons. The maximum atomic E-state index is 4.79. The zero-order valence-corrected chi connectivity index (χ0v) is 17.4. The number of thiophene rings is 1. The number of aryl methyl sites for hydroxylation is 2. The summed E-state index contributed by atoms with van der Waals surface area (Å²) in [5.74, 6) is 0. The minimum atomic E-state index is 0.439. The highest BCUT2D eigenvalue weighted by Gasteiger charge is 2.26. The van der Waals surface area contributed by atoms with Crippen molar-refractivity contribution in [2.24, 2.45) is 0 Å². The van der Waals surface area contributed by atoms with Crippen LogP contribution in [-0.4, -0.2) is 40.5 Å². The summed E-state index contributed by atoms with van der Waals surface area (Å²) in [6.45, 7) is 5.12. The summed E-state index contributed by atoms with van der Waals surface area (Å²) in [5.41, 5.74) is 3.69. The number of piperazine rings is 1. The predicted molar refractivity (Wildman–Crippen MR) is 119 cm³/mol. The number of anilines is 1. The lowest BCUT2D eigenvalue weighted by atomic mass is 10.0. The standard InChI is InChI=1S/C23H25N5S/c1-16-13-20-22(21-17(5-4-10-26-21)14-27-23(20)29-16)28-12-11-25-19(15-28)8-7-18-6-2-3-9-24-18/h2-6,9-10,13-14,19,25,27H,7-8,11-12,15H2,1H3. The molecule has 2 aliphatic heterocycles. The molecule has 0 radical (unpaired) electrons. The van der Waals surface area contributed by atoms with Gasteiger partial charge in [0.15, 0.2) is 0 Å². The van der Waals surface area contributed by atoms with Gasteiger partial charge in [0.2, 0.25) is 0 Å². The number of hydrogen-bond acceptors (Lipinski definition) is 6. The maximum Gasteiger partial charge on any atom is 0.102 e. The van der Waals surface area contributed by atoms with Crippen LogP contribution < -0.4 is 21.2 Å². The van der Waals surface area contributed by atoms with E-state index in [0.29, 0.717) is 6.04 Å². The molecule has 0 bridgehead atoms. The minimum absolute atomic E-state index is 0.439. The van der Waals surface area contributed by atoms with Crippen molar-refractivity contribution in [3.63, 3.8) is 0 Å². The van der Waals surface area contributed by atoms with Crippen LogP contribution in [0.25, 0.3) is 11.9 Å². The molecular weight excluding hydrogens is 378 g/mol. The molecule has 0 amide bonds. The van der Waals surface area contributed by atoms with Gasteiger partial charge >= 0.3 is 0 Å². The zero-order chi connectivity index (χ0) is 19.6. The van der Waals surface area contributed by atoms with Crippen LogP contribution in [0.2, 0.25) is 0 Å². The van der Waals surface area contributed by atoms with Crippen LogP contribution in [0.5, 0.6) is 0 Å². The average molecular weight is 404 g/mol. The van der Waals surface area contributed by atoms with Crippen molar-refractivity contribution in [3.05, 3.63) is 75.5 Å². The van der Waals surface area contributed by atoms with Crippen molar-refractivity contribution in [2.45, 2.75) is 25.8 Å². The largest absolute Gasteiger partial charge is 0.366 e. The lowest BCUT2D eigenvalue weighted by Gasteiger charge is -2.36. The van der Waals surface area contributed by atoms with Crippen molar-refractivity contribution >= 4 is 28.2 Å². The van der Waals surface area contributed by atoms with Gasteiger partial charge in [-0.1, -0.05) is 6.07 Å². The van der Waals surface area contributed by atoms with E-state index < -0.39 is 0 Å². The van der Waals surface area contributed by atoms with Crippen molar-refractivity contribution < 1.29 is 0 Å². The van der Waals surface area contributed by atoms with E-state index in [9.17, 15) is 0 Å². The molecule has 1 saturated heterocycles. The Morgan fingerprint density at radius 3 is 3.00 bits per heavy atom. The van der Waals surface area contributed by atoms with Gasteiger partial charge in [0.25, 0.3) is 0 Å². The zero-order valence-electron chi connectivity index (χ0n) is 16.6. The van der Waals surface area contributed by atoms with E-state index in [1.165, 1.54) is 21.1 Å². The Morgan fingerprint density at radius 1 is 1.17 bits per heavy atom. The molecule has 5 rings (SSSR count). The smallest absolute Gasteiger partial charge is 0.102 e. The summed E-state index contributed by atoms with van der Waals surface area (Å²) < 4.78 is 0. The first-order chi connectivity index (χ1) is 14.3. The molecule has 0 aromatic carbocycles. The van der Waals surface area contributed by atoms with E-state index in [-0.39, 0.29) is 0 Å². The van der Waals surface area contributed by atoms with Gasteiger partial charge < -0.3 is 15.5 Å². The number of nitrogens with one attached hydrogen (secondary N) is 2. The Balaban J connectivity index is 1.47. The first kappa shape index (κ1) is 18.3. The normalized spacial score (nSPS) is 18.3. The summed E-state index contributed by atoms with van der Waals surface area (Å²) in [4.78, 5) is 13.1. The van der Waals surface area contributed by atoms with Crippen LogP contribution in [0, 0.1) is 6.92 Å². The van der Waals surface area contributed by atoms with E-state index in [1.807, 2.05) is 35.9 Å². The van der Waals surface area contributed by atoms with Crippen molar-refractivity contribution in [1.82, 2.24) is 20.2 Å². The van der Waals surface area contributed by atoms with Crippen LogP contribution in [0.15, 0.2) is 48.8 Å². The third-order valence-corrected chi connectivity index (χ3v) is 6.56. The van der Waals surface area contributed by atoms with Crippen molar-refractivity contribution in [2.75, 3.05) is 25.0 Å². The first-order valence-corrected chi connectivity index (χ1v) is 11.0. The van der Waals surface area contributed by atoms with Gasteiger partial charge in [0.1, 0.15) is 5.00 Å². The van der Waals surface area contributed by atoms with Crippen LogP contribution in [-0.2, 0) is 6.42 Å². The van der Waals surface area contributed by atoms with E-state index in [1.54, 1.807) is 0 Å². The number of nitrogens with zero attached hydrogens (tertiary/aromatic N) is 3. The van der Waals surface area contributed by atoms with Gasteiger partial charge in [-0.05, 0) is 50.1 Å². The molecule has 1 unspecified atom stereocenters. The van der Waals surface area contributed by atoms with Gasteiger partial charge in [0, 0.05) is 65.6 Å². The lowest BCUT2D eigenvalue weighted by Crippen LogP contribution is -2.51. The van der Waals surface area contributed by atoms with Gasteiger partial charge in [-0.3, -0.25) is 9.97 Å². The quantitative estimate of drug-likeness (QED) is 0.699. The molecule has 2 aliphatic rings. The highest BCUT2D eigenvalue weighted by atomic mass is 32.1. The first-order valence-electron chi connectivity index (χ1n) is 10.2. The maximum absolute atomic E-state index is 4.79. The van der Waals surface area contributed by atoms with E-state index in [4.69, 9.17) is 4.98 Å². The SMILES string of the molecule is Cc1cc2c(s1)NC=c1cccnc1=C2N1CCNC(CCc2ccccn2)C1.